The summed E-state index contributed by atoms with van der Waals surface area (Å²) in [5, 5.41) is 20.6. The third kappa shape index (κ3) is 3.25. The fraction of sp³-hybridized carbons (Fsp3) is 0.250. The van der Waals surface area contributed by atoms with Crippen molar-refractivity contribution in [1.82, 2.24) is 4.98 Å². The van der Waals surface area contributed by atoms with Crippen molar-refractivity contribution in [2.45, 2.75) is 25.4 Å². The summed E-state index contributed by atoms with van der Waals surface area (Å²) in [6.07, 6.45) is 2.01. The minimum Gasteiger partial charge on any atom is -0.349 e. The molecule has 6 nitrogen and oxygen atoms in total. The molecule has 0 aliphatic heterocycles. The first-order valence-electron chi connectivity index (χ1n) is 7.15. The van der Waals surface area contributed by atoms with Crippen LogP contribution in [0.4, 0.5) is 11.5 Å². The molecule has 7 heteroatoms. The molecular weight excluding hydrogens is 316 g/mol. The molecule has 1 aromatic heterocycles. The lowest BCUT2D eigenvalue weighted by atomic mass is 10.1. The van der Waals surface area contributed by atoms with E-state index in [0.717, 1.165) is 12.8 Å². The summed E-state index contributed by atoms with van der Waals surface area (Å²) in [5.74, 6) is 0.617. The maximum Gasteiger partial charge on any atom is 0.274 e. The Hall–Kier alpha value is -2.65. The van der Waals surface area contributed by atoms with Gasteiger partial charge in [0.1, 0.15) is 11.9 Å². The Bertz CT molecular complexity index is 799. The lowest BCUT2D eigenvalue weighted by Gasteiger charge is -2.23. The van der Waals surface area contributed by atoms with Crippen LogP contribution in [-0.4, -0.2) is 15.9 Å². The monoisotopic (exact) mass is 328 g/mol. The maximum absolute atomic E-state index is 11.2. The van der Waals surface area contributed by atoms with Crippen molar-refractivity contribution in [2.24, 2.45) is 0 Å². The van der Waals surface area contributed by atoms with Crippen molar-refractivity contribution in [3.05, 3.63) is 62.8 Å². The van der Waals surface area contributed by atoms with Gasteiger partial charge in [-0.1, -0.05) is 29.8 Å². The van der Waals surface area contributed by atoms with Crippen molar-refractivity contribution >= 4 is 23.1 Å². The van der Waals surface area contributed by atoms with Crippen LogP contribution in [0, 0.1) is 21.4 Å². The summed E-state index contributed by atoms with van der Waals surface area (Å²) in [6.45, 7) is 0.376. The summed E-state index contributed by atoms with van der Waals surface area (Å²) < 4.78 is 0. The van der Waals surface area contributed by atoms with Gasteiger partial charge in [-0.2, -0.15) is 5.26 Å². The average molecular weight is 329 g/mol. The van der Waals surface area contributed by atoms with Crippen molar-refractivity contribution in [3.8, 4) is 6.07 Å². The molecule has 0 bridgehead atoms. The van der Waals surface area contributed by atoms with Gasteiger partial charge in [-0.15, -0.1) is 0 Å². The van der Waals surface area contributed by atoms with E-state index in [9.17, 15) is 10.1 Å². The zero-order chi connectivity index (χ0) is 16.4. The number of anilines is 1. The number of aromatic nitrogens is 1. The normalized spacial score (nSPS) is 13.4. The SMILES string of the molecule is N#Cc1nc(N(Cc2ccccc2[N+](=O)[O-])C2CC2)ccc1Cl. The maximum atomic E-state index is 11.2. The number of rotatable bonds is 5. The molecular formula is C16H13ClN4O2. The van der Waals surface area contributed by atoms with Crippen LogP contribution in [-0.2, 0) is 6.54 Å². The molecule has 1 fully saturated rings. The van der Waals surface area contributed by atoms with E-state index in [1.807, 2.05) is 11.0 Å². The molecule has 1 aliphatic carbocycles. The predicted octanol–water partition coefficient (Wildman–Crippen LogP) is 3.68. The molecule has 2 aromatic rings. The van der Waals surface area contributed by atoms with Crippen LogP contribution in [0.2, 0.25) is 5.02 Å². The zero-order valence-electron chi connectivity index (χ0n) is 12.1. The molecule has 1 heterocycles. The molecule has 1 aliphatic rings. The van der Waals surface area contributed by atoms with E-state index in [2.05, 4.69) is 4.98 Å². The Labute approximate surface area is 138 Å². The molecule has 0 atom stereocenters. The topological polar surface area (TPSA) is 83.1 Å². The largest absolute Gasteiger partial charge is 0.349 e. The molecule has 0 saturated heterocycles. The number of para-hydroxylation sites is 1. The second-order valence-electron chi connectivity index (χ2n) is 5.36. The molecule has 0 spiro atoms. The quantitative estimate of drug-likeness (QED) is 0.617. The van der Waals surface area contributed by atoms with Gasteiger partial charge in [0.2, 0.25) is 0 Å². The van der Waals surface area contributed by atoms with Gasteiger partial charge >= 0.3 is 0 Å². The minimum absolute atomic E-state index is 0.0904. The fourth-order valence-corrected chi connectivity index (χ4v) is 2.61. The molecule has 1 aromatic carbocycles. The molecule has 3 rings (SSSR count). The standard InChI is InChI=1S/C16H13ClN4O2/c17-13-7-8-16(19-14(13)9-18)20(12-5-6-12)10-11-3-1-2-4-15(11)21(22)23/h1-4,7-8,12H,5-6,10H2. The molecule has 0 amide bonds. The Morgan fingerprint density at radius 1 is 1.35 bits per heavy atom. The van der Waals surface area contributed by atoms with Crippen LogP contribution in [0.5, 0.6) is 0 Å². The van der Waals surface area contributed by atoms with Crippen LogP contribution in [0.25, 0.3) is 0 Å². The Balaban J connectivity index is 1.95. The number of pyridine rings is 1. The average Bonchev–Trinajstić information content (AvgIpc) is 3.38. The zero-order valence-corrected chi connectivity index (χ0v) is 12.9. The number of benzene rings is 1. The van der Waals surface area contributed by atoms with Crippen molar-refractivity contribution in [2.75, 3.05) is 4.90 Å². The number of nitro groups is 1. The van der Waals surface area contributed by atoms with Crippen LogP contribution < -0.4 is 4.90 Å². The van der Waals surface area contributed by atoms with Crippen LogP contribution >= 0.6 is 11.6 Å². The first kappa shape index (κ1) is 15.3. The van der Waals surface area contributed by atoms with E-state index >= 15 is 0 Å². The van der Waals surface area contributed by atoms with Crippen molar-refractivity contribution in [1.29, 1.82) is 5.26 Å². The number of hydrogen-bond acceptors (Lipinski definition) is 5. The highest BCUT2D eigenvalue weighted by molar-refractivity contribution is 6.31. The highest BCUT2D eigenvalue weighted by atomic mass is 35.5. The summed E-state index contributed by atoms with van der Waals surface area (Å²) >= 11 is 5.93. The lowest BCUT2D eigenvalue weighted by Crippen LogP contribution is -2.26. The van der Waals surface area contributed by atoms with E-state index in [-0.39, 0.29) is 22.3 Å². The number of nitro benzene ring substituents is 1. The van der Waals surface area contributed by atoms with Gasteiger partial charge in [0, 0.05) is 17.7 Å². The highest BCUT2D eigenvalue weighted by Crippen LogP contribution is 2.34. The Morgan fingerprint density at radius 2 is 2.09 bits per heavy atom. The van der Waals surface area contributed by atoms with Gasteiger partial charge in [-0.05, 0) is 25.0 Å². The third-order valence-corrected chi connectivity index (χ3v) is 4.05. The predicted molar refractivity (Wildman–Crippen MR) is 86.3 cm³/mol. The van der Waals surface area contributed by atoms with Gasteiger partial charge < -0.3 is 4.90 Å². The fourth-order valence-electron chi connectivity index (χ4n) is 2.46. The van der Waals surface area contributed by atoms with Gasteiger partial charge in [0.15, 0.2) is 5.69 Å². The van der Waals surface area contributed by atoms with Gasteiger partial charge in [0.05, 0.1) is 16.5 Å². The molecule has 0 N–H and O–H groups in total. The first-order valence-corrected chi connectivity index (χ1v) is 7.53. The number of halogens is 1. The number of nitrogens with zero attached hydrogens (tertiary/aromatic N) is 4. The van der Waals surface area contributed by atoms with Crippen LogP contribution in [0.15, 0.2) is 36.4 Å². The van der Waals surface area contributed by atoms with E-state index in [1.165, 1.54) is 6.07 Å². The van der Waals surface area contributed by atoms with Gasteiger partial charge in [-0.3, -0.25) is 10.1 Å². The van der Waals surface area contributed by atoms with Crippen molar-refractivity contribution < 1.29 is 4.92 Å². The van der Waals surface area contributed by atoms with Gasteiger partial charge in [0.25, 0.3) is 5.69 Å². The summed E-state index contributed by atoms with van der Waals surface area (Å²) in [4.78, 5) is 17.1. The molecule has 0 unspecified atom stereocenters. The van der Waals surface area contributed by atoms with E-state index in [1.54, 1.807) is 30.3 Å². The van der Waals surface area contributed by atoms with E-state index in [4.69, 9.17) is 16.9 Å². The second-order valence-corrected chi connectivity index (χ2v) is 5.76. The van der Waals surface area contributed by atoms with Gasteiger partial charge in [-0.25, -0.2) is 4.98 Å². The number of nitriles is 1. The molecule has 23 heavy (non-hydrogen) atoms. The molecule has 0 radical (unpaired) electrons. The Kier molecular flexibility index (Phi) is 4.13. The minimum atomic E-state index is -0.379. The molecule has 116 valence electrons. The lowest BCUT2D eigenvalue weighted by molar-refractivity contribution is -0.385. The van der Waals surface area contributed by atoms with E-state index < -0.39 is 0 Å². The highest BCUT2D eigenvalue weighted by Gasteiger charge is 2.31. The summed E-state index contributed by atoms with van der Waals surface area (Å²) in [7, 11) is 0. The molecule has 1 saturated carbocycles. The van der Waals surface area contributed by atoms with E-state index in [0.29, 0.717) is 22.9 Å². The van der Waals surface area contributed by atoms with Crippen molar-refractivity contribution in [3.63, 3.8) is 0 Å². The number of hydrogen-bond donors (Lipinski definition) is 0. The first-order chi connectivity index (χ1) is 11.1. The summed E-state index contributed by atoms with van der Waals surface area (Å²) in [5.41, 5.74) is 0.879. The third-order valence-electron chi connectivity index (χ3n) is 3.75. The van der Waals surface area contributed by atoms with Crippen LogP contribution in [0.3, 0.4) is 0 Å². The van der Waals surface area contributed by atoms with Crippen LogP contribution in [0.1, 0.15) is 24.1 Å². The smallest absolute Gasteiger partial charge is 0.274 e. The second kappa shape index (κ2) is 6.23. The summed E-state index contributed by atoms with van der Waals surface area (Å²) in [6, 6.07) is 12.3. The Morgan fingerprint density at radius 3 is 2.74 bits per heavy atom.